The highest BCUT2D eigenvalue weighted by Gasteiger charge is 2.23. The van der Waals surface area contributed by atoms with E-state index in [-0.39, 0.29) is 24.2 Å². The van der Waals surface area contributed by atoms with Gasteiger partial charge in [0.15, 0.2) is 11.6 Å². The van der Waals surface area contributed by atoms with Crippen molar-refractivity contribution in [1.82, 2.24) is 0 Å². The topological polar surface area (TPSA) is 60.2 Å². The third kappa shape index (κ3) is 3.92. The van der Waals surface area contributed by atoms with E-state index in [1.54, 1.807) is 0 Å². The number of hydrogen-bond donors (Lipinski definition) is 1. The van der Waals surface area contributed by atoms with Gasteiger partial charge in [0.1, 0.15) is 0 Å². The summed E-state index contributed by atoms with van der Waals surface area (Å²) in [6.45, 7) is 0. The van der Waals surface area contributed by atoms with Gasteiger partial charge in [-0.2, -0.15) is 0 Å². The van der Waals surface area contributed by atoms with Crippen molar-refractivity contribution in [3.8, 4) is 0 Å². The maximum absolute atomic E-state index is 11.5. The van der Waals surface area contributed by atoms with Crippen LogP contribution >= 0.6 is 12.4 Å². The predicted molar refractivity (Wildman–Crippen MR) is 98.0 cm³/mol. The van der Waals surface area contributed by atoms with Crippen LogP contribution in [0.1, 0.15) is 51.1 Å². The van der Waals surface area contributed by atoms with Crippen molar-refractivity contribution in [2.75, 3.05) is 0 Å². The summed E-state index contributed by atoms with van der Waals surface area (Å²) in [4.78, 5) is 22.8. The second-order valence-electron chi connectivity index (χ2n) is 6.10. The van der Waals surface area contributed by atoms with Gasteiger partial charge in [-0.1, -0.05) is 48.5 Å². The fourth-order valence-corrected chi connectivity index (χ4v) is 3.20. The second kappa shape index (κ2) is 8.22. The van der Waals surface area contributed by atoms with Crippen LogP contribution in [0.15, 0.2) is 48.5 Å². The van der Waals surface area contributed by atoms with Crippen LogP contribution in [0.5, 0.6) is 0 Å². The minimum atomic E-state index is -0.278. The molecule has 24 heavy (non-hydrogen) atoms. The number of carbonyl (C=O) groups is 2. The molecule has 0 saturated carbocycles. The SMILES string of the molecule is Cl.NC1CCc2ccccc2C1=O.O=C1CCCc2ccccc21. The Morgan fingerprint density at radius 2 is 1.38 bits per heavy atom. The zero-order chi connectivity index (χ0) is 16.2. The molecule has 4 heteroatoms. The lowest BCUT2D eigenvalue weighted by molar-refractivity contribution is 0.0946. The van der Waals surface area contributed by atoms with Crippen molar-refractivity contribution in [3.63, 3.8) is 0 Å². The van der Waals surface area contributed by atoms with Crippen molar-refractivity contribution in [1.29, 1.82) is 0 Å². The van der Waals surface area contributed by atoms with E-state index >= 15 is 0 Å². The minimum Gasteiger partial charge on any atom is -0.321 e. The van der Waals surface area contributed by atoms with Gasteiger partial charge in [-0.3, -0.25) is 9.59 Å². The quantitative estimate of drug-likeness (QED) is 0.792. The summed E-state index contributed by atoms with van der Waals surface area (Å²) in [5.74, 6) is 0.406. The molecule has 126 valence electrons. The Kier molecular flexibility index (Phi) is 6.29. The second-order valence-corrected chi connectivity index (χ2v) is 6.10. The third-order valence-electron chi connectivity index (χ3n) is 4.51. The van der Waals surface area contributed by atoms with E-state index in [4.69, 9.17) is 5.73 Å². The number of benzene rings is 2. The molecule has 0 radical (unpaired) electrons. The van der Waals surface area contributed by atoms with Gasteiger partial charge in [-0.15, -0.1) is 12.4 Å². The zero-order valence-corrected chi connectivity index (χ0v) is 14.4. The summed E-state index contributed by atoms with van der Waals surface area (Å²) in [7, 11) is 0. The van der Waals surface area contributed by atoms with Gasteiger partial charge in [0, 0.05) is 17.5 Å². The van der Waals surface area contributed by atoms with Gasteiger partial charge in [0.25, 0.3) is 0 Å². The van der Waals surface area contributed by atoms with Crippen molar-refractivity contribution >= 4 is 24.0 Å². The summed E-state index contributed by atoms with van der Waals surface area (Å²) >= 11 is 0. The first-order valence-corrected chi connectivity index (χ1v) is 8.15. The highest BCUT2D eigenvalue weighted by atomic mass is 35.5. The van der Waals surface area contributed by atoms with Gasteiger partial charge in [0.2, 0.25) is 0 Å². The Morgan fingerprint density at radius 3 is 2.04 bits per heavy atom. The molecule has 2 aromatic carbocycles. The summed E-state index contributed by atoms with van der Waals surface area (Å²) in [6, 6.07) is 15.3. The molecule has 0 fully saturated rings. The normalized spacial score (nSPS) is 18.5. The monoisotopic (exact) mass is 343 g/mol. The Morgan fingerprint density at radius 1 is 0.792 bits per heavy atom. The smallest absolute Gasteiger partial charge is 0.179 e. The molecule has 0 spiro atoms. The lowest BCUT2D eigenvalue weighted by Gasteiger charge is -2.19. The van der Waals surface area contributed by atoms with E-state index in [0.29, 0.717) is 5.78 Å². The number of ketones is 2. The molecule has 2 N–H and O–H groups in total. The van der Waals surface area contributed by atoms with Crippen LogP contribution < -0.4 is 5.73 Å². The number of nitrogens with two attached hydrogens (primary N) is 1. The lowest BCUT2D eigenvalue weighted by Crippen LogP contribution is -2.34. The number of rotatable bonds is 0. The molecule has 3 nitrogen and oxygen atoms in total. The molecule has 4 rings (SSSR count). The summed E-state index contributed by atoms with van der Waals surface area (Å²) in [5, 5.41) is 0. The van der Waals surface area contributed by atoms with Gasteiger partial charge in [-0.25, -0.2) is 0 Å². The minimum absolute atomic E-state index is 0. The van der Waals surface area contributed by atoms with Crippen LogP contribution in [0, 0.1) is 0 Å². The van der Waals surface area contributed by atoms with Crippen molar-refractivity contribution in [3.05, 3.63) is 70.8 Å². The number of Topliss-reactive ketones (excluding diaryl/α,β-unsaturated/α-hetero) is 2. The van der Waals surface area contributed by atoms with Gasteiger partial charge in [0.05, 0.1) is 6.04 Å². The first-order chi connectivity index (χ1) is 11.2. The van der Waals surface area contributed by atoms with Crippen LogP contribution in [-0.4, -0.2) is 17.6 Å². The van der Waals surface area contributed by atoms with E-state index in [2.05, 4.69) is 0 Å². The molecule has 0 aromatic heterocycles. The fourth-order valence-electron chi connectivity index (χ4n) is 3.20. The molecule has 1 unspecified atom stereocenters. The molecule has 0 bridgehead atoms. The van der Waals surface area contributed by atoms with Crippen LogP contribution in [-0.2, 0) is 12.8 Å². The van der Waals surface area contributed by atoms with Crippen LogP contribution in [0.4, 0.5) is 0 Å². The highest BCUT2D eigenvalue weighted by molar-refractivity contribution is 6.02. The molecule has 2 aliphatic rings. The molecule has 0 aliphatic heterocycles. The molecule has 2 aromatic rings. The number of carbonyl (C=O) groups excluding carboxylic acids is 2. The Labute approximate surface area is 148 Å². The average molecular weight is 344 g/mol. The summed E-state index contributed by atoms with van der Waals surface area (Å²) in [6.07, 6.45) is 4.55. The maximum atomic E-state index is 11.5. The number of aryl methyl sites for hydroxylation is 2. The van der Waals surface area contributed by atoms with E-state index in [9.17, 15) is 9.59 Å². The largest absolute Gasteiger partial charge is 0.321 e. The molecular weight excluding hydrogens is 322 g/mol. The Balaban J connectivity index is 0.000000167. The fraction of sp³-hybridized carbons (Fsp3) is 0.300. The lowest BCUT2D eigenvalue weighted by atomic mass is 9.88. The number of fused-ring (bicyclic) bond motifs is 2. The Hall–Kier alpha value is -1.97. The molecule has 0 heterocycles. The number of hydrogen-bond acceptors (Lipinski definition) is 3. The van der Waals surface area contributed by atoms with E-state index in [1.165, 1.54) is 5.56 Å². The predicted octanol–water partition coefficient (Wildman–Crippen LogP) is 3.77. The van der Waals surface area contributed by atoms with Gasteiger partial charge in [-0.05, 0) is 36.8 Å². The van der Waals surface area contributed by atoms with E-state index < -0.39 is 0 Å². The standard InChI is InChI=1S/C10H11NO.C10H10O.ClH/c11-9-6-5-7-3-1-2-4-8(7)10(9)12;11-10-7-3-5-8-4-1-2-6-9(8)10;/h1-4,9H,5-6,11H2;1-2,4,6H,3,5,7H2;1H. The Bertz CT molecular complexity index is 742. The van der Waals surface area contributed by atoms with Crippen molar-refractivity contribution in [2.24, 2.45) is 5.73 Å². The van der Waals surface area contributed by atoms with Crippen molar-refractivity contribution in [2.45, 2.75) is 38.1 Å². The van der Waals surface area contributed by atoms with Crippen LogP contribution in [0.3, 0.4) is 0 Å². The van der Waals surface area contributed by atoms with Crippen molar-refractivity contribution < 1.29 is 9.59 Å². The number of halogens is 1. The molecular formula is C20H22ClNO2. The van der Waals surface area contributed by atoms with E-state index in [1.807, 2.05) is 48.5 Å². The molecule has 0 amide bonds. The van der Waals surface area contributed by atoms with Gasteiger partial charge < -0.3 is 5.73 Å². The molecule has 1 atom stereocenters. The highest BCUT2D eigenvalue weighted by Crippen LogP contribution is 2.20. The maximum Gasteiger partial charge on any atom is 0.179 e. The molecule has 0 saturated heterocycles. The van der Waals surface area contributed by atoms with Crippen LogP contribution in [0.2, 0.25) is 0 Å². The molecule has 2 aliphatic carbocycles. The average Bonchev–Trinajstić information content (AvgIpc) is 2.60. The zero-order valence-electron chi connectivity index (χ0n) is 13.5. The first-order valence-electron chi connectivity index (χ1n) is 8.15. The summed E-state index contributed by atoms with van der Waals surface area (Å²) < 4.78 is 0. The van der Waals surface area contributed by atoms with E-state index in [0.717, 1.165) is 48.8 Å². The summed E-state index contributed by atoms with van der Waals surface area (Å²) in [5.41, 5.74) is 9.77. The third-order valence-corrected chi connectivity index (χ3v) is 4.51. The van der Waals surface area contributed by atoms with Gasteiger partial charge >= 0.3 is 0 Å². The van der Waals surface area contributed by atoms with Crippen LogP contribution in [0.25, 0.3) is 0 Å². The first kappa shape index (κ1) is 18.4.